The summed E-state index contributed by atoms with van der Waals surface area (Å²) in [5.74, 6) is -5.82. The zero-order chi connectivity index (χ0) is 15.7. The molecular formula is C10H16CuKN2O9+. The van der Waals surface area contributed by atoms with E-state index in [4.69, 9.17) is 5.11 Å². The third-order valence-corrected chi connectivity index (χ3v) is 2.15. The van der Waals surface area contributed by atoms with Crippen LogP contribution in [-0.4, -0.2) is 78.1 Å². The zero-order valence-electron chi connectivity index (χ0n) is 12.3. The summed E-state index contributed by atoms with van der Waals surface area (Å²) < 4.78 is 0. The molecule has 0 saturated heterocycles. The monoisotopic (exact) mass is 410 g/mol. The first-order valence-electron chi connectivity index (χ1n) is 5.46. The Kier molecular flexibility index (Phi) is 22.4. The van der Waals surface area contributed by atoms with Gasteiger partial charge < -0.3 is 40.3 Å². The summed E-state index contributed by atoms with van der Waals surface area (Å²) in [5.41, 5.74) is 0. The first kappa shape index (κ1) is 30.8. The molecule has 0 aliphatic carbocycles. The molecule has 0 atom stereocenters. The summed E-state index contributed by atoms with van der Waals surface area (Å²) in [5, 5.41) is 39.8. The van der Waals surface area contributed by atoms with Crippen molar-refractivity contribution >= 4 is 23.9 Å². The molecule has 0 aliphatic rings. The van der Waals surface area contributed by atoms with E-state index < -0.39 is 50.1 Å². The molecule has 13 heteroatoms. The molecule has 0 aromatic carbocycles. The molecule has 11 nitrogen and oxygen atoms in total. The van der Waals surface area contributed by atoms with E-state index in [-0.39, 0.29) is 87.0 Å². The Morgan fingerprint density at radius 2 is 1.00 bits per heavy atom. The van der Waals surface area contributed by atoms with Gasteiger partial charge in [-0.25, -0.2) is 0 Å². The van der Waals surface area contributed by atoms with Crippen molar-refractivity contribution in [1.82, 2.24) is 9.80 Å². The number of carboxylic acid groups (broad SMARTS) is 4. The van der Waals surface area contributed by atoms with Crippen molar-refractivity contribution in [2.24, 2.45) is 0 Å². The molecule has 0 spiro atoms. The molecule has 23 heavy (non-hydrogen) atoms. The third kappa shape index (κ3) is 19.9. The van der Waals surface area contributed by atoms with Gasteiger partial charge >= 0.3 is 74.4 Å². The van der Waals surface area contributed by atoms with Gasteiger partial charge in [-0.1, -0.05) is 0 Å². The number of carbonyl (C=O) groups excluding carboxylic acids is 3. The number of hydrogen-bond donors (Lipinski definition) is 1. The van der Waals surface area contributed by atoms with Gasteiger partial charge in [0.15, 0.2) is 0 Å². The second kappa shape index (κ2) is 16.8. The number of hydrogen-bond acceptors (Lipinski definition) is 9. The van der Waals surface area contributed by atoms with Gasteiger partial charge in [-0.2, -0.15) is 0 Å². The number of rotatable bonds is 11. The Labute approximate surface area is 184 Å². The molecule has 1 radical (unpaired) electrons. The van der Waals surface area contributed by atoms with Gasteiger partial charge in [-0.3, -0.25) is 14.6 Å². The van der Waals surface area contributed by atoms with Crippen LogP contribution >= 0.6 is 0 Å². The van der Waals surface area contributed by atoms with Gasteiger partial charge in [0, 0.05) is 32.7 Å². The van der Waals surface area contributed by atoms with E-state index in [1.165, 1.54) is 0 Å². The molecule has 0 unspecified atom stereocenters. The number of nitrogens with zero attached hydrogens (tertiary/aromatic N) is 2. The second-order valence-electron chi connectivity index (χ2n) is 3.93. The minimum Gasteiger partial charge on any atom is -0.549 e. The Balaban J connectivity index is -0.000000602. The van der Waals surface area contributed by atoms with E-state index in [9.17, 15) is 34.5 Å². The van der Waals surface area contributed by atoms with Crippen LogP contribution in [0, 0.1) is 0 Å². The van der Waals surface area contributed by atoms with Crippen LogP contribution in [0.25, 0.3) is 0 Å². The van der Waals surface area contributed by atoms with Gasteiger partial charge in [0.05, 0.1) is 24.5 Å². The maximum Gasteiger partial charge on any atom is 2.00 e. The average molecular weight is 411 g/mol. The van der Waals surface area contributed by atoms with E-state index in [1.54, 1.807) is 0 Å². The van der Waals surface area contributed by atoms with Gasteiger partial charge in [0.2, 0.25) is 0 Å². The molecule has 4 N–H and O–H groups in total. The predicted molar refractivity (Wildman–Crippen MR) is 60.4 cm³/mol. The van der Waals surface area contributed by atoms with E-state index in [1.807, 2.05) is 0 Å². The fourth-order valence-electron chi connectivity index (χ4n) is 1.45. The Bertz CT molecular complexity index is 329. The third-order valence-electron chi connectivity index (χ3n) is 2.15. The van der Waals surface area contributed by atoms with Crippen LogP contribution in [0.1, 0.15) is 0 Å². The van der Waals surface area contributed by atoms with Crippen molar-refractivity contribution in [3.05, 3.63) is 0 Å². The van der Waals surface area contributed by atoms with E-state index in [2.05, 4.69) is 0 Å². The topological polar surface area (TPSA) is 197 Å². The van der Waals surface area contributed by atoms with Crippen molar-refractivity contribution in [2.45, 2.75) is 0 Å². The van der Waals surface area contributed by atoms with E-state index >= 15 is 0 Å². The molecule has 0 heterocycles. The summed E-state index contributed by atoms with van der Waals surface area (Å²) in [6.07, 6.45) is 0. The van der Waals surface area contributed by atoms with Crippen molar-refractivity contribution in [1.29, 1.82) is 0 Å². The zero-order valence-corrected chi connectivity index (χ0v) is 16.4. The first-order chi connectivity index (χ1) is 9.20. The van der Waals surface area contributed by atoms with Crippen LogP contribution in [0.5, 0.6) is 0 Å². The Morgan fingerprint density at radius 3 is 1.22 bits per heavy atom. The average Bonchev–Trinajstić information content (AvgIpc) is 2.22. The quantitative estimate of drug-likeness (QED) is 0.252. The molecule has 0 saturated carbocycles. The molecule has 0 aromatic heterocycles. The standard InChI is InChI=1S/C10H16N2O8.Cu.K.H2O/c13-7(14)3-11(4-8(15)16)1-2-12(5-9(17)18)6-10(19)20;;;/h1-6H2,(H,13,14)(H,15,16)(H,17,18)(H,19,20);;;1H2/q;+2;+1;/p-2. The first-order valence-corrected chi connectivity index (χ1v) is 5.46. The van der Waals surface area contributed by atoms with Gasteiger partial charge in [0.25, 0.3) is 0 Å². The number of carbonyl (C=O) groups is 4. The molecule has 0 aliphatic heterocycles. The van der Waals surface area contributed by atoms with Crippen LogP contribution in [-0.2, 0) is 41.7 Å². The largest absolute Gasteiger partial charge is 2.00 e. The van der Waals surface area contributed by atoms with Crippen molar-refractivity contribution in [2.75, 3.05) is 39.3 Å². The van der Waals surface area contributed by atoms with Crippen molar-refractivity contribution in [3.63, 3.8) is 0 Å². The minimum atomic E-state index is -1.52. The van der Waals surface area contributed by atoms with Crippen LogP contribution in [0.3, 0.4) is 0 Å². The van der Waals surface area contributed by atoms with Crippen LogP contribution in [0.2, 0.25) is 0 Å². The van der Waals surface area contributed by atoms with Gasteiger partial charge in [-0.05, 0) is 0 Å². The van der Waals surface area contributed by atoms with Crippen molar-refractivity contribution < 1.29 is 114 Å². The summed E-state index contributed by atoms with van der Waals surface area (Å²) in [6, 6.07) is 0. The molecule has 0 aromatic rings. The predicted octanol–water partition coefficient (Wildman–Crippen LogP) is -10.00. The number of carboxylic acids is 4. The summed E-state index contributed by atoms with van der Waals surface area (Å²) >= 11 is 0. The Hall–Kier alpha value is -0.0842. The van der Waals surface area contributed by atoms with Crippen LogP contribution in [0.4, 0.5) is 0 Å². The molecular weight excluding hydrogens is 395 g/mol. The minimum absolute atomic E-state index is 0. The van der Waals surface area contributed by atoms with E-state index in [0.29, 0.717) is 0 Å². The molecule has 131 valence electrons. The molecule has 0 rings (SSSR count). The smallest absolute Gasteiger partial charge is 0.549 e. The Morgan fingerprint density at radius 1 is 0.739 bits per heavy atom. The SMILES string of the molecule is O=C([O-])CN(CCN(CC(=O)[O-])CC(=O)O)CC(=O)[O-].[Cu+2].[K+].[OH3+]. The maximum atomic E-state index is 10.5. The second-order valence-corrected chi connectivity index (χ2v) is 3.93. The fraction of sp³-hybridized carbons (Fsp3) is 0.600. The van der Waals surface area contributed by atoms with Crippen molar-refractivity contribution in [3.8, 4) is 0 Å². The van der Waals surface area contributed by atoms with Gasteiger partial charge in [0.1, 0.15) is 0 Å². The van der Waals surface area contributed by atoms with E-state index in [0.717, 1.165) is 9.80 Å². The molecule has 0 amide bonds. The molecule has 0 bridgehead atoms. The molecule has 0 fully saturated rings. The maximum absolute atomic E-state index is 10.5. The summed E-state index contributed by atoms with van der Waals surface area (Å²) in [4.78, 5) is 43.7. The normalized spacial score (nSPS) is 9.30. The fourth-order valence-corrected chi connectivity index (χ4v) is 1.45. The number of aliphatic carboxylic acids is 4. The van der Waals surface area contributed by atoms with Gasteiger partial charge in [-0.15, -0.1) is 0 Å². The van der Waals surface area contributed by atoms with Crippen LogP contribution in [0.15, 0.2) is 0 Å². The summed E-state index contributed by atoms with van der Waals surface area (Å²) in [7, 11) is 0. The summed E-state index contributed by atoms with van der Waals surface area (Å²) in [6.45, 7) is -3.00. The van der Waals surface area contributed by atoms with Crippen LogP contribution < -0.4 is 66.7 Å².